The van der Waals surface area contributed by atoms with E-state index in [9.17, 15) is 0 Å². The SMILES string of the molecule is NC(=NCCNCCO)c1c[n+](Cc2ccc(-c3ccccc3)cc2)[nH]n1. The van der Waals surface area contributed by atoms with Gasteiger partial charge in [0.25, 0.3) is 5.69 Å². The minimum atomic E-state index is 0.116. The maximum Gasteiger partial charge on any atom is 0.282 e. The Labute approximate surface area is 158 Å². The predicted molar refractivity (Wildman–Crippen MR) is 105 cm³/mol. The second kappa shape index (κ2) is 9.61. The Hall–Kier alpha value is -3.03. The first-order valence-corrected chi connectivity index (χ1v) is 8.97. The summed E-state index contributed by atoms with van der Waals surface area (Å²) >= 11 is 0. The first-order chi connectivity index (χ1) is 13.3. The van der Waals surface area contributed by atoms with Gasteiger partial charge in [0, 0.05) is 18.2 Å². The third kappa shape index (κ3) is 5.47. The molecule has 0 saturated heterocycles. The van der Waals surface area contributed by atoms with Crippen molar-refractivity contribution in [3.63, 3.8) is 0 Å². The van der Waals surface area contributed by atoms with E-state index in [-0.39, 0.29) is 6.61 Å². The van der Waals surface area contributed by atoms with Gasteiger partial charge in [0.15, 0.2) is 12.0 Å². The van der Waals surface area contributed by atoms with Crippen molar-refractivity contribution < 1.29 is 9.79 Å². The molecule has 5 N–H and O–H groups in total. The zero-order valence-corrected chi connectivity index (χ0v) is 15.2. The molecule has 3 aromatic rings. The van der Waals surface area contributed by atoms with Gasteiger partial charge in [-0.1, -0.05) is 59.8 Å². The number of benzene rings is 2. The number of aliphatic hydroxyl groups is 1. The second-order valence-corrected chi connectivity index (χ2v) is 6.16. The molecule has 0 unspecified atom stereocenters. The quantitative estimate of drug-likeness (QED) is 0.194. The lowest BCUT2D eigenvalue weighted by atomic mass is 10.0. The Morgan fingerprint density at radius 1 is 1.07 bits per heavy atom. The molecule has 0 aliphatic heterocycles. The fourth-order valence-electron chi connectivity index (χ4n) is 2.70. The summed E-state index contributed by atoms with van der Waals surface area (Å²) in [5.41, 5.74) is 10.2. The Morgan fingerprint density at radius 2 is 1.81 bits per heavy atom. The average molecular weight is 365 g/mol. The van der Waals surface area contributed by atoms with Crippen LogP contribution in [-0.4, -0.2) is 47.5 Å². The van der Waals surface area contributed by atoms with E-state index in [0.29, 0.717) is 37.7 Å². The van der Waals surface area contributed by atoms with E-state index in [4.69, 9.17) is 10.8 Å². The fourth-order valence-corrected chi connectivity index (χ4v) is 2.70. The standard InChI is InChI=1S/C20H24N6O/c21-20(23-11-10-22-12-13-27)19-15-26(25-24-19)14-16-6-8-18(9-7-16)17-4-2-1-3-5-17/h1-9,15,22,27H,10-14H2,(H2,21,23)/p+1. The zero-order chi connectivity index (χ0) is 18.9. The number of aliphatic hydroxyl groups excluding tert-OH is 1. The summed E-state index contributed by atoms with van der Waals surface area (Å²) in [5.74, 6) is 0.398. The highest BCUT2D eigenvalue weighted by Crippen LogP contribution is 2.19. The van der Waals surface area contributed by atoms with E-state index in [1.165, 1.54) is 16.7 Å². The molecule has 0 bridgehead atoms. The number of aromatic nitrogens is 3. The average Bonchev–Trinajstić information content (AvgIpc) is 3.17. The number of nitrogens with one attached hydrogen (secondary N) is 2. The van der Waals surface area contributed by atoms with Gasteiger partial charge >= 0.3 is 0 Å². The molecular weight excluding hydrogens is 340 g/mol. The number of rotatable bonds is 9. The molecule has 1 heterocycles. The van der Waals surface area contributed by atoms with Crippen LogP contribution in [0.1, 0.15) is 11.3 Å². The van der Waals surface area contributed by atoms with Crippen molar-refractivity contribution in [1.82, 2.24) is 15.6 Å². The molecule has 27 heavy (non-hydrogen) atoms. The lowest BCUT2D eigenvalue weighted by molar-refractivity contribution is -0.745. The lowest BCUT2D eigenvalue weighted by Gasteiger charge is -2.02. The highest BCUT2D eigenvalue weighted by Gasteiger charge is 2.13. The molecule has 0 amide bonds. The molecule has 0 fully saturated rings. The van der Waals surface area contributed by atoms with Crippen LogP contribution >= 0.6 is 0 Å². The normalized spacial score (nSPS) is 11.7. The lowest BCUT2D eigenvalue weighted by Crippen LogP contribution is -2.35. The highest BCUT2D eigenvalue weighted by atomic mass is 16.3. The number of nitrogens with two attached hydrogens (primary N) is 1. The van der Waals surface area contributed by atoms with Gasteiger partial charge in [-0.05, 0) is 16.7 Å². The molecule has 7 nitrogen and oxygen atoms in total. The minimum Gasteiger partial charge on any atom is -0.395 e. The largest absolute Gasteiger partial charge is 0.395 e. The van der Waals surface area contributed by atoms with Crippen LogP contribution < -0.4 is 15.7 Å². The molecule has 3 rings (SSSR count). The molecule has 0 saturated carbocycles. The van der Waals surface area contributed by atoms with Gasteiger partial charge in [0.05, 0.1) is 13.2 Å². The third-order valence-electron chi connectivity index (χ3n) is 4.11. The van der Waals surface area contributed by atoms with Crippen LogP contribution in [0, 0.1) is 0 Å². The molecular formula is C20H25N6O+. The van der Waals surface area contributed by atoms with Gasteiger partial charge in [0.2, 0.25) is 0 Å². The summed E-state index contributed by atoms with van der Waals surface area (Å²) in [4.78, 5) is 4.29. The van der Waals surface area contributed by atoms with Gasteiger partial charge in [-0.2, -0.15) is 4.68 Å². The Balaban J connectivity index is 1.58. The maximum absolute atomic E-state index is 8.71. The van der Waals surface area contributed by atoms with E-state index in [1.54, 1.807) is 0 Å². The number of H-pyrrole nitrogens is 1. The van der Waals surface area contributed by atoms with Crippen molar-refractivity contribution in [2.75, 3.05) is 26.2 Å². The van der Waals surface area contributed by atoms with Crippen LogP contribution in [-0.2, 0) is 6.54 Å². The summed E-state index contributed by atoms with van der Waals surface area (Å²) in [6.45, 7) is 2.55. The Bertz CT molecular complexity index is 858. The number of hydrogen-bond donors (Lipinski definition) is 4. The van der Waals surface area contributed by atoms with Crippen LogP contribution in [0.3, 0.4) is 0 Å². The molecule has 7 heteroatoms. The molecule has 0 radical (unpaired) electrons. The molecule has 0 aliphatic rings. The van der Waals surface area contributed by atoms with E-state index in [0.717, 1.165) is 0 Å². The minimum absolute atomic E-state index is 0.116. The van der Waals surface area contributed by atoms with Crippen molar-refractivity contribution >= 4 is 5.84 Å². The summed E-state index contributed by atoms with van der Waals surface area (Å²) in [6.07, 6.45) is 1.85. The van der Waals surface area contributed by atoms with Gasteiger partial charge in [-0.3, -0.25) is 4.99 Å². The first-order valence-electron chi connectivity index (χ1n) is 8.97. The summed E-state index contributed by atoms with van der Waals surface area (Å²) in [7, 11) is 0. The topological polar surface area (TPSA) is 103 Å². The van der Waals surface area contributed by atoms with Crippen molar-refractivity contribution in [1.29, 1.82) is 0 Å². The smallest absolute Gasteiger partial charge is 0.282 e. The van der Waals surface area contributed by atoms with Crippen LogP contribution in [0.5, 0.6) is 0 Å². The number of aliphatic imine (C=N–C) groups is 1. The van der Waals surface area contributed by atoms with Gasteiger partial charge in [-0.25, -0.2) is 0 Å². The molecule has 0 spiro atoms. The van der Waals surface area contributed by atoms with E-state index in [2.05, 4.69) is 57.0 Å². The maximum atomic E-state index is 8.71. The number of nitrogens with zero attached hydrogens (tertiary/aromatic N) is 3. The molecule has 0 aliphatic carbocycles. The molecule has 140 valence electrons. The van der Waals surface area contributed by atoms with Crippen LogP contribution in [0.25, 0.3) is 11.1 Å². The number of hydrogen-bond acceptors (Lipinski definition) is 4. The number of amidine groups is 1. The first kappa shape index (κ1) is 18.8. The molecule has 1 aromatic heterocycles. The summed E-state index contributed by atoms with van der Waals surface area (Å²) in [5, 5.41) is 18.9. The monoisotopic (exact) mass is 365 g/mol. The van der Waals surface area contributed by atoms with Gasteiger partial charge < -0.3 is 16.2 Å². The van der Waals surface area contributed by atoms with Crippen molar-refractivity contribution in [3.05, 3.63) is 72.1 Å². The number of aromatic amines is 1. The van der Waals surface area contributed by atoms with Gasteiger partial charge in [-0.15, -0.1) is 0 Å². The Morgan fingerprint density at radius 3 is 2.56 bits per heavy atom. The van der Waals surface area contributed by atoms with Crippen LogP contribution in [0.2, 0.25) is 0 Å². The van der Waals surface area contributed by atoms with Crippen LogP contribution in [0.4, 0.5) is 0 Å². The summed E-state index contributed by atoms with van der Waals surface area (Å²) < 4.78 is 1.87. The van der Waals surface area contributed by atoms with Gasteiger partial charge in [0.1, 0.15) is 6.54 Å². The summed E-state index contributed by atoms with van der Waals surface area (Å²) in [6, 6.07) is 18.8. The highest BCUT2D eigenvalue weighted by molar-refractivity contribution is 5.95. The Kier molecular flexibility index (Phi) is 6.67. The van der Waals surface area contributed by atoms with Crippen LogP contribution in [0.15, 0.2) is 65.8 Å². The van der Waals surface area contributed by atoms with Crippen molar-refractivity contribution in [2.45, 2.75) is 6.54 Å². The van der Waals surface area contributed by atoms with E-state index >= 15 is 0 Å². The zero-order valence-electron chi connectivity index (χ0n) is 15.2. The van der Waals surface area contributed by atoms with Crippen molar-refractivity contribution in [2.24, 2.45) is 10.7 Å². The van der Waals surface area contributed by atoms with Crippen molar-refractivity contribution in [3.8, 4) is 11.1 Å². The molecule has 2 aromatic carbocycles. The van der Waals surface area contributed by atoms with E-state index < -0.39 is 0 Å². The third-order valence-corrected chi connectivity index (χ3v) is 4.11. The van der Waals surface area contributed by atoms with E-state index in [1.807, 2.05) is 29.1 Å². The second-order valence-electron chi connectivity index (χ2n) is 6.16. The molecule has 0 atom stereocenters. The predicted octanol–water partition coefficient (Wildman–Crippen LogP) is 0.700. The fraction of sp³-hybridized carbons (Fsp3) is 0.250.